The molecule has 1 aliphatic heterocycles. The molecular formula is C21H22F5NO2. The number of likely N-dealkylation sites (tertiary alicyclic amines) is 1. The fourth-order valence-electron chi connectivity index (χ4n) is 4.24. The van der Waals surface area contributed by atoms with E-state index in [0.717, 1.165) is 11.1 Å². The highest BCUT2D eigenvalue weighted by atomic mass is 19.4. The van der Waals surface area contributed by atoms with Crippen molar-refractivity contribution in [3.05, 3.63) is 41.5 Å². The Kier molecular flexibility index (Phi) is 5.94. The molecule has 0 amide bonds. The van der Waals surface area contributed by atoms with E-state index >= 15 is 0 Å². The second kappa shape index (κ2) is 7.97. The lowest BCUT2D eigenvalue weighted by atomic mass is 9.88. The quantitative estimate of drug-likeness (QED) is 0.618. The number of ketones is 2. The summed E-state index contributed by atoms with van der Waals surface area (Å²) in [5.74, 6) is -9.31. The molecule has 0 N–H and O–H groups in total. The van der Waals surface area contributed by atoms with E-state index in [2.05, 4.69) is 0 Å². The molecule has 1 aromatic carbocycles. The van der Waals surface area contributed by atoms with Crippen molar-refractivity contribution < 1.29 is 31.5 Å². The minimum absolute atomic E-state index is 0.179. The van der Waals surface area contributed by atoms with Crippen LogP contribution in [-0.4, -0.2) is 47.7 Å². The first-order valence-electron chi connectivity index (χ1n) is 9.53. The van der Waals surface area contributed by atoms with Gasteiger partial charge in [-0.05, 0) is 55.9 Å². The van der Waals surface area contributed by atoms with Gasteiger partial charge in [0.05, 0.1) is 6.04 Å². The van der Waals surface area contributed by atoms with Crippen LogP contribution in [0, 0.1) is 5.92 Å². The third-order valence-electron chi connectivity index (χ3n) is 5.72. The maximum Gasteiger partial charge on any atom is 0.461 e. The van der Waals surface area contributed by atoms with E-state index < -0.39 is 29.8 Å². The number of nitrogens with zero attached hydrogens (tertiary/aromatic N) is 1. The molecule has 0 bridgehead atoms. The Hall–Kier alpha value is -2.09. The first-order chi connectivity index (χ1) is 13.5. The van der Waals surface area contributed by atoms with Crippen LogP contribution in [0.15, 0.2) is 30.3 Å². The van der Waals surface area contributed by atoms with Gasteiger partial charge in [0, 0.05) is 12.5 Å². The molecular weight excluding hydrogens is 393 g/mol. The van der Waals surface area contributed by atoms with E-state index in [1.165, 1.54) is 6.92 Å². The smallest absolute Gasteiger partial charge is 0.298 e. The zero-order valence-electron chi connectivity index (χ0n) is 15.9. The monoisotopic (exact) mass is 415 g/mol. The van der Waals surface area contributed by atoms with Gasteiger partial charge in [-0.15, -0.1) is 0 Å². The molecule has 1 unspecified atom stereocenters. The maximum absolute atomic E-state index is 13.9. The highest BCUT2D eigenvalue weighted by molar-refractivity contribution is 5.91. The molecule has 1 heterocycles. The van der Waals surface area contributed by atoms with E-state index in [1.54, 1.807) is 23.1 Å². The van der Waals surface area contributed by atoms with Gasteiger partial charge in [0.15, 0.2) is 0 Å². The van der Waals surface area contributed by atoms with Crippen molar-refractivity contribution in [1.29, 1.82) is 0 Å². The summed E-state index contributed by atoms with van der Waals surface area (Å²) in [4.78, 5) is 25.7. The number of alkyl halides is 5. The molecule has 29 heavy (non-hydrogen) atoms. The fraction of sp³-hybridized carbons (Fsp3) is 0.524. The van der Waals surface area contributed by atoms with Crippen LogP contribution >= 0.6 is 0 Å². The largest absolute Gasteiger partial charge is 0.461 e. The minimum atomic E-state index is -5.95. The predicted molar refractivity (Wildman–Crippen MR) is 97.5 cm³/mol. The number of hydrogen-bond acceptors (Lipinski definition) is 3. The van der Waals surface area contributed by atoms with Crippen LogP contribution in [0.1, 0.15) is 37.3 Å². The van der Waals surface area contributed by atoms with Crippen molar-refractivity contribution in [3.8, 4) is 0 Å². The molecule has 1 fully saturated rings. The van der Waals surface area contributed by atoms with Gasteiger partial charge in [-0.25, -0.2) is 0 Å². The van der Waals surface area contributed by atoms with Crippen molar-refractivity contribution in [3.63, 3.8) is 0 Å². The summed E-state index contributed by atoms with van der Waals surface area (Å²) in [5.41, 5.74) is 2.31. The second-order valence-electron chi connectivity index (χ2n) is 7.69. The van der Waals surface area contributed by atoms with E-state index in [0.29, 0.717) is 31.4 Å². The average molecular weight is 415 g/mol. The van der Waals surface area contributed by atoms with Gasteiger partial charge in [0.2, 0.25) is 5.78 Å². The Balaban J connectivity index is 1.88. The van der Waals surface area contributed by atoms with Crippen LogP contribution in [0.2, 0.25) is 0 Å². The normalized spacial score (nSPS) is 21.0. The molecule has 8 heteroatoms. The Labute approximate surface area is 165 Å². The Morgan fingerprint density at radius 1 is 1.17 bits per heavy atom. The Morgan fingerprint density at radius 2 is 1.86 bits per heavy atom. The van der Waals surface area contributed by atoms with Crippen molar-refractivity contribution in [2.45, 2.75) is 50.7 Å². The zero-order chi connectivity index (χ0) is 21.4. The first kappa shape index (κ1) is 21.6. The van der Waals surface area contributed by atoms with E-state index in [4.69, 9.17) is 0 Å². The number of allylic oxidation sites excluding steroid dienone is 2. The first-order valence-corrected chi connectivity index (χ1v) is 9.53. The molecule has 0 aromatic heterocycles. The number of Topliss-reactive ketones (excluding diaryl/α,β-unsaturated/α-hetero) is 2. The van der Waals surface area contributed by atoms with E-state index in [-0.39, 0.29) is 18.7 Å². The molecule has 3 rings (SSSR count). The molecule has 0 radical (unpaired) electrons. The highest BCUT2D eigenvalue weighted by Gasteiger charge is 2.64. The van der Waals surface area contributed by atoms with Crippen LogP contribution in [0.3, 0.4) is 0 Å². The molecule has 2 atom stereocenters. The third kappa shape index (κ3) is 4.27. The van der Waals surface area contributed by atoms with E-state index in [1.807, 2.05) is 12.1 Å². The zero-order valence-corrected chi connectivity index (χ0v) is 15.9. The Morgan fingerprint density at radius 3 is 2.52 bits per heavy atom. The summed E-state index contributed by atoms with van der Waals surface area (Å²) in [6.07, 6.45) is -2.72. The SMILES string of the molecule is CC(=O)[C@@H]1CCCN1CC(CC1=CCc2ccccc21)C(=O)C(F)(F)C(F)(F)F. The number of carbonyl (C=O) groups is 2. The van der Waals surface area contributed by atoms with Crippen LogP contribution in [0.5, 0.6) is 0 Å². The molecule has 3 nitrogen and oxygen atoms in total. The topological polar surface area (TPSA) is 37.4 Å². The average Bonchev–Trinajstić information content (AvgIpc) is 3.27. The summed E-state index contributed by atoms with van der Waals surface area (Å²) < 4.78 is 66.4. The molecule has 1 aliphatic carbocycles. The summed E-state index contributed by atoms with van der Waals surface area (Å²) >= 11 is 0. The van der Waals surface area contributed by atoms with Crippen molar-refractivity contribution >= 4 is 17.1 Å². The lowest BCUT2D eigenvalue weighted by Gasteiger charge is -2.30. The third-order valence-corrected chi connectivity index (χ3v) is 5.72. The van der Waals surface area contributed by atoms with Gasteiger partial charge >= 0.3 is 12.1 Å². The number of benzene rings is 1. The van der Waals surface area contributed by atoms with Crippen molar-refractivity contribution in [2.75, 3.05) is 13.1 Å². The summed E-state index contributed by atoms with van der Waals surface area (Å²) in [7, 11) is 0. The van der Waals surface area contributed by atoms with Crippen LogP contribution in [0.25, 0.3) is 5.57 Å². The fourth-order valence-corrected chi connectivity index (χ4v) is 4.24. The Bertz CT molecular complexity index is 831. The number of halogens is 5. The molecule has 158 valence electrons. The van der Waals surface area contributed by atoms with Crippen LogP contribution in [0.4, 0.5) is 22.0 Å². The number of hydrogen-bond donors (Lipinski definition) is 0. The number of rotatable bonds is 7. The van der Waals surface area contributed by atoms with E-state index in [9.17, 15) is 31.5 Å². The van der Waals surface area contributed by atoms with Crippen molar-refractivity contribution in [2.24, 2.45) is 5.92 Å². The lowest BCUT2D eigenvalue weighted by Crippen LogP contribution is -2.50. The van der Waals surface area contributed by atoms with Crippen molar-refractivity contribution in [1.82, 2.24) is 4.90 Å². The molecule has 1 aromatic rings. The van der Waals surface area contributed by atoms with Gasteiger partial charge < -0.3 is 0 Å². The number of fused-ring (bicyclic) bond motifs is 1. The summed E-state index contributed by atoms with van der Waals surface area (Å²) in [6.45, 7) is 1.45. The minimum Gasteiger partial charge on any atom is -0.298 e. The maximum atomic E-state index is 13.9. The van der Waals surface area contributed by atoms with Gasteiger partial charge in [-0.3, -0.25) is 14.5 Å². The summed E-state index contributed by atoms with van der Waals surface area (Å²) in [6, 6.07) is 6.65. The standard InChI is InChI=1S/C21H22F5NO2/c1-13(28)18-7-4-10-27(18)12-16(19(29)20(22,23)21(24,25)26)11-15-9-8-14-5-2-3-6-17(14)15/h2-3,5-6,9,16,18H,4,7-8,10-12H2,1H3/t16?,18-/m0/s1. The second-order valence-corrected chi connectivity index (χ2v) is 7.69. The summed E-state index contributed by atoms with van der Waals surface area (Å²) in [5, 5.41) is 0. The van der Waals surface area contributed by atoms with Gasteiger partial charge in [0.1, 0.15) is 5.78 Å². The van der Waals surface area contributed by atoms with Crippen LogP contribution < -0.4 is 0 Å². The molecule has 2 aliphatic rings. The predicted octanol–water partition coefficient (Wildman–Crippen LogP) is 4.45. The molecule has 1 saturated heterocycles. The molecule has 0 spiro atoms. The number of carbonyl (C=O) groups excluding carboxylic acids is 2. The van der Waals surface area contributed by atoms with Gasteiger partial charge in [0.25, 0.3) is 0 Å². The van der Waals surface area contributed by atoms with Gasteiger partial charge in [-0.2, -0.15) is 22.0 Å². The molecule has 0 saturated carbocycles. The highest BCUT2D eigenvalue weighted by Crippen LogP contribution is 2.41. The van der Waals surface area contributed by atoms with Gasteiger partial charge in [-0.1, -0.05) is 30.3 Å². The lowest BCUT2D eigenvalue weighted by molar-refractivity contribution is -0.270. The van der Waals surface area contributed by atoms with Crippen LogP contribution in [-0.2, 0) is 16.0 Å².